The average Bonchev–Trinajstić information content (AvgIpc) is 2.82. The summed E-state index contributed by atoms with van der Waals surface area (Å²) in [5, 5.41) is 3.35. The summed E-state index contributed by atoms with van der Waals surface area (Å²) in [6, 6.07) is 8.30. The minimum Gasteiger partial charge on any atom is -0.381 e. The van der Waals surface area contributed by atoms with Gasteiger partial charge in [0.25, 0.3) is 0 Å². The standard InChI is InChI=1S/C16H22N2O2/c1-12-4-2-3-5-14(12)16-17-10-15(19)18(16)11-13-6-8-20-9-7-13/h2-5,13,16-17H,6-11H2,1H3. The van der Waals surface area contributed by atoms with Crippen molar-refractivity contribution < 1.29 is 9.53 Å². The highest BCUT2D eigenvalue weighted by molar-refractivity contribution is 5.81. The average molecular weight is 274 g/mol. The fourth-order valence-electron chi connectivity index (χ4n) is 3.13. The number of hydrogen-bond acceptors (Lipinski definition) is 3. The molecule has 108 valence electrons. The third-order valence-electron chi connectivity index (χ3n) is 4.36. The molecule has 2 fully saturated rings. The maximum Gasteiger partial charge on any atom is 0.238 e. The van der Waals surface area contributed by atoms with Gasteiger partial charge in [-0.25, -0.2) is 0 Å². The molecule has 1 amide bonds. The number of nitrogens with one attached hydrogen (secondary N) is 1. The molecular weight excluding hydrogens is 252 g/mol. The predicted molar refractivity (Wildman–Crippen MR) is 77.2 cm³/mol. The number of rotatable bonds is 3. The van der Waals surface area contributed by atoms with Crippen molar-refractivity contribution in [1.82, 2.24) is 10.2 Å². The van der Waals surface area contributed by atoms with Crippen molar-refractivity contribution in [1.29, 1.82) is 0 Å². The second-order valence-corrected chi connectivity index (χ2v) is 5.74. The second-order valence-electron chi connectivity index (χ2n) is 5.74. The lowest BCUT2D eigenvalue weighted by molar-refractivity contribution is -0.129. The van der Waals surface area contributed by atoms with Crippen LogP contribution in [0, 0.1) is 12.8 Å². The fraction of sp³-hybridized carbons (Fsp3) is 0.562. The third-order valence-corrected chi connectivity index (χ3v) is 4.36. The first kappa shape index (κ1) is 13.6. The Labute approximate surface area is 120 Å². The van der Waals surface area contributed by atoms with Crippen LogP contribution in [0.3, 0.4) is 0 Å². The van der Waals surface area contributed by atoms with Gasteiger partial charge in [-0.3, -0.25) is 10.1 Å². The number of hydrogen-bond donors (Lipinski definition) is 1. The van der Waals surface area contributed by atoms with Gasteiger partial charge >= 0.3 is 0 Å². The Bertz CT molecular complexity index is 483. The van der Waals surface area contributed by atoms with Crippen LogP contribution in [0.4, 0.5) is 0 Å². The lowest BCUT2D eigenvalue weighted by Crippen LogP contribution is -2.36. The Balaban J connectivity index is 1.76. The van der Waals surface area contributed by atoms with Crippen LogP contribution >= 0.6 is 0 Å². The number of aryl methyl sites for hydroxylation is 1. The molecule has 0 spiro atoms. The normalized spacial score (nSPS) is 24.4. The molecule has 4 nitrogen and oxygen atoms in total. The molecule has 2 aliphatic heterocycles. The van der Waals surface area contributed by atoms with Gasteiger partial charge in [0.2, 0.25) is 5.91 Å². The van der Waals surface area contributed by atoms with E-state index in [2.05, 4.69) is 24.4 Å². The number of carbonyl (C=O) groups is 1. The number of amides is 1. The fourth-order valence-corrected chi connectivity index (χ4v) is 3.13. The molecule has 2 saturated heterocycles. The molecule has 1 atom stereocenters. The van der Waals surface area contributed by atoms with Gasteiger partial charge in [-0.1, -0.05) is 24.3 Å². The van der Waals surface area contributed by atoms with Gasteiger partial charge in [-0.05, 0) is 36.8 Å². The van der Waals surface area contributed by atoms with E-state index in [9.17, 15) is 4.79 Å². The zero-order chi connectivity index (χ0) is 13.9. The summed E-state index contributed by atoms with van der Waals surface area (Å²) in [5.41, 5.74) is 2.45. The van der Waals surface area contributed by atoms with Crippen molar-refractivity contribution >= 4 is 5.91 Å². The minimum absolute atomic E-state index is 0.0338. The number of carbonyl (C=O) groups excluding carboxylic acids is 1. The molecule has 1 unspecified atom stereocenters. The van der Waals surface area contributed by atoms with Gasteiger partial charge in [0.15, 0.2) is 0 Å². The summed E-state index contributed by atoms with van der Waals surface area (Å²) >= 11 is 0. The monoisotopic (exact) mass is 274 g/mol. The van der Waals surface area contributed by atoms with Crippen LogP contribution in [0.25, 0.3) is 0 Å². The van der Waals surface area contributed by atoms with E-state index < -0.39 is 0 Å². The summed E-state index contributed by atoms with van der Waals surface area (Å²) in [6.07, 6.45) is 2.15. The summed E-state index contributed by atoms with van der Waals surface area (Å²) in [6.45, 7) is 5.05. The molecule has 20 heavy (non-hydrogen) atoms. The van der Waals surface area contributed by atoms with E-state index in [4.69, 9.17) is 4.74 Å². The third kappa shape index (κ3) is 2.72. The Hall–Kier alpha value is -1.39. The smallest absolute Gasteiger partial charge is 0.238 e. The van der Waals surface area contributed by atoms with Crippen LogP contribution in [0.2, 0.25) is 0 Å². The molecule has 1 N–H and O–H groups in total. The Kier molecular flexibility index (Phi) is 4.03. The summed E-state index contributed by atoms with van der Waals surface area (Å²) in [7, 11) is 0. The van der Waals surface area contributed by atoms with Crippen molar-refractivity contribution in [2.24, 2.45) is 5.92 Å². The molecule has 0 bridgehead atoms. The van der Waals surface area contributed by atoms with Crippen LogP contribution < -0.4 is 5.32 Å². The molecular formula is C16H22N2O2. The van der Waals surface area contributed by atoms with Gasteiger partial charge in [0.1, 0.15) is 6.17 Å². The first-order valence-corrected chi connectivity index (χ1v) is 7.42. The van der Waals surface area contributed by atoms with Gasteiger partial charge in [0, 0.05) is 19.8 Å². The van der Waals surface area contributed by atoms with Crippen molar-refractivity contribution in [3.05, 3.63) is 35.4 Å². The first-order valence-electron chi connectivity index (χ1n) is 7.42. The van der Waals surface area contributed by atoms with Crippen LogP contribution in [0.15, 0.2) is 24.3 Å². The quantitative estimate of drug-likeness (QED) is 0.914. The van der Waals surface area contributed by atoms with Crippen LogP contribution in [0.1, 0.15) is 30.1 Å². The number of nitrogens with zero attached hydrogens (tertiary/aromatic N) is 1. The first-order chi connectivity index (χ1) is 9.75. The maximum atomic E-state index is 12.2. The topological polar surface area (TPSA) is 41.6 Å². The molecule has 1 aromatic rings. The van der Waals surface area contributed by atoms with Gasteiger partial charge in [-0.2, -0.15) is 0 Å². The summed E-state index contributed by atoms with van der Waals surface area (Å²) < 4.78 is 5.40. The molecule has 2 aliphatic rings. The zero-order valence-corrected chi connectivity index (χ0v) is 12.0. The van der Waals surface area contributed by atoms with Crippen LogP contribution in [0.5, 0.6) is 0 Å². The Morgan fingerprint density at radius 1 is 1.30 bits per heavy atom. The molecule has 1 aromatic carbocycles. The zero-order valence-electron chi connectivity index (χ0n) is 12.0. The van der Waals surface area contributed by atoms with E-state index >= 15 is 0 Å². The largest absolute Gasteiger partial charge is 0.381 e. The van der Waals surface area contributed by atoms with Crippen molar-refractivity contribution in [3.8, 4) is 0 Å². The molecule has 2 heterocycles. The lowest BCUT2D eigenvalue weighted by Gasteiger charge is -2.31. The van der Waals surface area contributed by atoms with Gasteiger partial charge < -0.3 is 9.64 Å². The second kappa shape index (κ2) is 5.94. The Morgan fingerprint density at radius 3 is 2.80 bits per heavy atom. The van der Waals surface area contributed by atoms with E-state index in [1.54, 1.807) is 0 Å². The molecule has 3 rings (SSSR count). The SMILES string of the molecule is Cc1ccccc1C1NCC(=O)N1CC1CCOCC1. The highest BCUT2D eigenvalue weighted by Gasteiger charge is 2.34. The van der Waals surface area contributed by atoms with Crippen molar-refractivity contribution in [3.63, 3.8) is 0 Å². The van der Waals surface area contributed by atoms with E-state index in [0.29, 0.717) is 12.5 Å². The van der Waals surface area contributed by atoms with Crippen LogP contribution in [-0.2, 0) is 9.53 Å². The van der Waals surface area contributed by atoms with Gasteiger partial charge in [-0.15, -0.1) is 0 Å². The molecule has 4 heteroatoms. The van der Waals surface area contributed by atoms with Gasteiger partial charge in [0.05, 0.1) is 6.54 Å². The number of benzene rings is 1. The maximum absolute atomic E-state index is 12.2. The van der Waals surface area contributed by atoms with Crippen LogP contribution in [-0.4, -0.2) is 37.1 Å². The highest BCUT2D eigenvalue weighted by Crippen LogP contribution is 2.28. The van der Waals surface area contributed by atoms with E-state index in [-0.39, 0.29) is 12.1 Å². The summed E-state index contributed by atoms with van der Waals surface area (Å²) in [4.78, 5) is 14.2. The van der Waals surface area contributed by atoms with E-state index in [1.807, 2.05) is 17.0 Å². The van der Waals surface area contributed by atoms with E-state index in [0.717, 1.165) is 32.6 Å². The van der Waals surface area contributed by atoms with E-state index in [1.165, 1.54) is 11.1 Å². The molecule has 0 radical (unpaired) electrons. The van der Waals surface area contributed by atoms with Crippen molar-refractivity contribution in [2.75, 3.05) is 26.3 Å². The Morgan fingerprint density at radius 2 is 2.05 bits per heavy atom. The predicted octanol–water partition coefficient (Wildman–Crippen LogP) is 1.85. The summed E-state index contributed by atoms with van der Waals surface area (Å²) in [5.74, 6) is 0.781. The molecule has 0 saturated carbocycles. The number of ether oxygens (including phenoxy) is 1. The minimum atomic E-state index is 0.0338. The van der Waals surface area contributed by atoms with Crippen molar-refractivity contribution in [2.45, 2.75) is 25.9 Å². The molecule has 0 aromatic heterocycles. The molecule has 0 aliphatic carbocycles. The lowest BCUT2D eigenvalue weighted by atomic mass is 9.98. The highest BCUT2D eigenvalue weighted by atomic mass is 16.5.